The molecule has 6 heteroatoms. The van der Waals surface area contributed by atoms with E-state index < -0.39 is 17.7 Å². The molecule has 2 N–H and O–H groups in total. The van der Waals surface area contributed by atoms with Gasteiger partial charge in [-0.05, 0) is 46.5 Å². The Morgan fingerprint density at radius 1 is 1.36 bits per heavy atom. The number of rotatable bonds is 3. The van der Waals surface area contributed by atoms with Crippen LogP contribution >= 0.6 is 0 Å². The van der Waals surface area contributed by atoms with Gasteiger partial charge in [0.05, 0.1) is 12.1 Å². The number of amides is 2. The zero-order valence-electron chi connectivity index (χ0n) is 13.7. The number of hydrogen-bond donors (Lipinski definition) is 2. The van der Waals surface area contributed by atoms with Crippen LogP contribution in [0.5, 0.6) is 0 Å². The molecule has 3 heterocycles. The van der Waals surface area contributed by atoms with Crippen molar-refractivity contribution in [1.29, 1.82) is 0 Å². The van der Waals surface area contributed by atoms with E-state index in [0.717, 1.165) is 38.8 Å². The second-order valence-electron chi connectivity index (χ2n) is 7.16. The molecule has 6 nitrogen and oxygen atoms in total. The number of likely N-dealkylation sites (tertiary alicyclic amines) is 2. The van der Waals surface area contributed by atoms with E-state index in [4.69, 9.17) is 0 Å². The highest BCUT2D eigenvalue weighted by molar-refractivity contribution is 5.99. The van der Waals surface area contributed by atoms with Gasteiger partial charge in [-0.25, -0.2) is 0 Å². The molecule has 3 rings (SSSR count). The first-order valence-electron chi connectivity index (χ1n) is 8.46. The number of β-lactam (4-membered cyclic amide) rings is 1. The van der Waals surface area contributed by atoms with Crippen LogP contribution in [0.3, 0.4) is 0 Å². The van der Waals surface area contributed by atoms with Crippen molar-refractivity contribution >= 4 is 11.8 Å². The van der Waals surface area contributed by atoms with E-state index in [-0.39, 0.29) is 17.9 Å². The molecule has 124 valence electrons. The Bertz CT molecular complexity index is 475. The molecule has 22 heavy (non-hydrogen) atoms. The van der Waals surface area contributed by atoms with Crippen LogP contribution in [0.15, 0.2) is 0 Å². The van der Waals surface area contributed by atoms with Crippen LogP contribution < -0.4 is 5.32 Å². The van der Waals surface area contributed by atoms with Gasteiger partial charge in [0.1, 0.15) is 11.6 Å². The Labute approximate surface area is 131 Å². The van der Waals surface area contributed by atoms with Crippen molar-refractivity contribution in [2.45, 2.75) is 76.2 Å². The Hall–Kier alpha value is -1.14. The maximum atomic E-state index is 12.8. The zero-order valence-corrected chi connectivity index (χ0v) is 13.7. The highest BCUT2D eigenvalue weighted by Gasteiger charge is 2.63. The molecule has 0 bridgehead atoms. The largest absolute Gasteiger partial charge is 0.391 e. The first-order chi connectivity index (χ1) is 10.4. The summed E-state index contributed by atoms with van der Waals surface area (Å²) in [5, 5.41) is 13.5. The minimum absolute atomic E-state index is 0.0252. The molecule has 1 spiro atoms. The van der Waals surface area contributed by atoms with Gasteiger partial charge < -0.3 is 14.9 Å². The molecule has 0 radical (unpaired) electrons. The summed E-state index contributed by atoms with van der Waals surface area (Å²) >= 11 is 0. The smallest absolute Gasteiger partial charge is 0.248 e. The summed E-state index contributed by atoms with van der Waals surface area (Å²) in [4.78, 5) is 28.9. The van der Waals surface area contributed by atoms with Crippen molar-refractivity contribution in [3.63, 3.8) is 0 Å². The minimum atomic E-state index is -0.851. The molecule has 0 aliphatic carbocycles. The predicted octanol–water partition coefficient (Wildman–Crippen LogP) is 0.0996. The Kier molecular flexibility index (Phi) is 3.93. The summed E-state index contributed by atoms with van der Waals surface area (Å²) in [5.74, 6) is -0.128. The molecule has 3 saturated heterocycles. The van der Waals surface area contributed by atoms with E-state index in [2.05, 4.69) is 12.2 Å². The van der Waals surface area contributed by atoms with Crippen molar-refractivity contribution in [3.05, 3.63) is 0 Å². The van der Waals surface area contributed by atoms with E-state index in [1.54, 1.807) is 16.7 Å². The van der Waals surface area contributed by atoms with E-state index in [1.807, 2.05) is 6.92 Å². The minimum Gasteiger partial charge on any atom is -0.391 e. The quantitative estimate of drug-likeness (QED) is 0.725. The lowest BCUT2D eigenvalue weighted by Gasteiger charge is -2.56. The molecule has 2 amide bonds. The fourth-order valence-corrected chi connectivity index (χ4v) is 4.33. The summed E-state index contributed by atoms with van der Waals surface area (Å²) in [5.41, 5.74) is -0.516. The normalized spacial score (nSPS) is 37.5. The first-order valence-corrected chi connectivity index (χ1v) is 8.46. The molecule has 0 aromatic heterocycles. The third kappa shape index (κ3) is 2.15. The van der Waals surface area contributed by atoms with Crippen molar-refractivity contribution < 1.29 is 14.7 Å². The third-order valence-corrected chi connectivity index (χ3v) is 5.65. The average Bonchev–Trinajstić information content (AvgIpc) is 3.13. The molecule has 4 unspecified atom stereocenters. The lowest BCUT2D eigenvalue weighted by atomic mass is 9.76. The standard InChI is InChI=1S/C16H27N3O3/c1-10-6-7-16(17-10)12(3)19(15(16)22)13(11(2)20)14(21)18-8-4-5-9-18/h10-13,17,20H,4-9H2,1-3H3/t10?,11-,12?,13?,16?/m1/s1. The fourth-order valence-electron chi connectivity index (χ4n) is 4.33. The van der Waals surface area contributed by atoms with Gasteiger partial charge in [0.15, 0.2) is 0 Å². The zero-order chi connectivity index (χ0) is 16.1. The van der Waals surface area contributed by atoms with Crippen molar-refractivity contribution in [1.82, 2.24) is 15.1 Å². The SMILES string of the molecule is CC1CCC2(N1)C(=O)N(C(C(=O)N1CCCC1)[C@@H](C)O)C2C. The molecule has 0 aromatic carbocycles. The molecule has 3 aliphatic rings. The van der Waals surface area contributed by atoms with Gasteiger partial charge in [-0.2, -0.15) is 0 Å². The Balaban J connectivity index is 1.79. The number of carbonyl (C=O) groups excluding carboxylic acids is 2. The van der Waals surface area contributed by atoms with E-state index in [1.165, 1.54) is 0 Å². The second kappa shape index (κ2) is 5.49. The van der Waals surface area contributed by atoms with E-state index in [9.17, 15) is 14.7 Å². The maximum absolute atomic E-state index is 12.8. The summed E-state index contributed by atoms with van der Waals surface area (Å²) in [7, 11) is 0. The molecule has 0 aromatic rings. The van der Waals surface area contributed by atoms with Gasteiger partial charge in [0, 0.05) is 19.1 Å². The average molecular weight is 309 g/mol. The number of carbonyl (C=O) groups is 2. The fraction of sp³-hybridized carbons (Fsp3) is 0.875. The molecule has 0 saturated carbocycles. The first kappa shape index (κ1) is 15.7. The predicted molar refractivity (Wildman–Crippen MR) is 82.2 cm³/mol. The van der Waals surface area contributed by atoms with Gasteiger partial charge in [0.25, 0.3) is 0 Å². The topological polar surface area (TPSA) is 72.9 Å². The van der Waals surface area contributed by atoms with Crippen molar-refractivity contribution in [3.8, 4) is 0 Å². The number of hydrogen-bond acceptors (Lipinski definition) is 4. The number of nitrogens with one attached hydrogen (secondary N) is 1. The van der Waals surface area contributed by atoms with Crippen LogP contribution in [-0.2, 0) is 9.59 Å². The van der Waals surface area contributed by atoms with E-state index >= 15 is 0 Å². The lowest BCUT2D eigenvalue weighted by Crippen LogP contribution is -2.81. The molecule has 3 aliphatic heterocycles. The number of nitrogens with zero attached hydrogens (tertiary/aromatic N) is 2. The Morgan fingerprint density at radius 2 is 2.00 bits per heavy atom. The summed E-state index contributed by atoms with van der Waals surface area (Å²) < 4.78 is 0. The van der Waals surface area contributed by atoms with Crippen LogP contribution in [0.25, 0.3) is 0 Å². The van der Waals surface area contributed by atoms with Crippen LogP contribution in [0.2, 0.25) is 0 Å². The highest BCUT2D eigenvalue weighted by Crippen LogP contribution is 2.41. The van der Waals surface area contributed by atoms with Crippen LogP contribution in [0, 0.1) is 0 Å². The summed E-state index contributed by atoms with van der Waals surface area (Å²) in [6.45, 7) is 7.14. The van der Waals surface area contributed by atoms with Crippen molar-refractivity contribution in [2.24, 2.45) is 0 Å². The third-order valence-electron chi connectivity index (χ3n) is 5.65. The van der Waals surface area contributed by atoms with Gasteiger partial charge in [-0.3, -0.25) is 14.9 Å². The number of aliphatic hydroxyl groups excluding tert-OH is 1. The summed E-state index contributed by atoms with van der Waals surface area (Å²) in [6, 6.07) is -0.479. The maximum Gasteiger partial charge on any atom is 0.248 e. The monoisotopic (exact) mass is 309 g/mol. The van der Waals surface area contributed by atoms with Gasteiger partial charge in [-0.15, -0.1) is 0 Å². The highest BCUT2D eigenvalue weighted by atomic mass is 16.3. The molecule has 3 fully saturated rings. The molecular weight excluding hydrogens is 282 g/mol. The van der Waals surface area contributed by atoms with Crippen molar-refractivity contribution in [2.75, 3.05) is 13.1 Å². The van der Waals surface area contributed by atoms with Crippen LogP contribution in [-0.4, -0.2) is 69.6 Å². The second-order valence-corrected chi connectivity index (χ2v) is 7.16. The van der Waals surface area contributed by atoms with Gasteiger partial charge in [0.2, 0.25) is 11.8 Å². The van der Waals surface area contributed by atoms with Crippen LogP contribution in [0.1, 0.15) is 46.5 Å². The van der Waals surface area contributed by atoms with E-state index in [0.29, 0.717) is 6.04 Å². The molecular formula is C16H27N3O3. The Morgan fingerprint density at radius 3 is 2.45 bits per heavy atom. The number of aliphatic hydroxyl groups is 1. The summed E-state index contributed by atoms with van der Waals surface area (Å²) in [6.07, 6.45) is 2.95. The lowest BCUT2D eigenvalue weighted by molar-refractivity contribution is -0.176. The van der Waals surface area contributed by atoms with Gasteiger partial charge >= 0.3 is 0 Å². The van der Waals surface area contributed by atoms with Gasteiger partial charge in [-0.1, -0.05) is 0 Å². The van der Waals surface area contributed by atoms with Crippen LogP contribution in [0.4, 0.5) is 0 Å². The molecule has 5 atom stereocenters.